The Morgan fingerprint density at radius 3 is 2.46 bits per heavy atom. The SMILES string of the molecule is Cc1cc(C(=O)N2CCC3(CCN(C)C3=O)CC2)c(C)n1-c1nccs1. The van der Waals surface area contributed by atoms with Gasteiger partial charge in [-0.25, -0.2) is 4.98 Å². The molecule has 0 N–H and O–H groups in total. The molecule has 26 heavy (non-hydrogen) atoms. The molecule has 7 heteroatoms. The first-order valence-electron chi connectivity index (χ1n) is 9.07. The second-order valence-electron chi connectivity index (χ2n) is 7.48. The van der Waals surface area contributed by atoms with Crippen LogP contribution in [0.3, 0.4) is 0 Å². The van der Waals surface area contributed by atoms with Crippen molar-refractivity contribution < 1.29 is 9.59 Å². The summed E-state index contributed by atoms with van der Waals surface area (Å²) in [5, 5.41) is 2.83. The molecule has 2 amide bonds. The molecule has 0 aliphatic carbocycles. The van der Waals surface area contributed by atoms with E-state index >= 15 is 0 Å². The van der Waals surface area contributed by atoms with Crippen molar-refractivity contribution in [2.45, 2.75) is 33.1 Å². The first-order valence-corrected chi connectivity index (χ1v) is 9.94. The number of carbonyl (C=O) groups excluding carboxylic acids is 2. The van der Waals surface area contributed by atoms with E-state index in [-0.39, 0.29) is 17.2 Å². The van der Waals surface area contributed by atoms with Crippen molar-refractivity contribution in [1.82, 2.24) is 19.4 Å². The van der Waals surface area contributed by atoms with Gasteiger partial charge in [0.2, 0.25) is 5.91 Å². The third-order valence-electron chi connectivity index (χ3n) is 6.01. The van der Waals surface area contributed by atoms with Crippen LogP contribution in [-0.2, 0) is 4.79 Å². The lowest BCUT2D eigenvalue weighted by Gasteiger charge is -2.37. The van der Waals surface area contributed by atoms with Gasteiger partial charge in [0.1, 0.15) is 0 Å². The molecule has 4 rings (SSSR count). The Bertz CT molecular complexity index is 847. The first-order chi connectivity index (χ1) is 12.4. The molecule has 2 fully saturated rings. The number of hydrogen-bond acceptors (Lipinski definition) is 4. The predicted molar refractivity (Wildman–Crippen MR) is 101 cm³/mol. The number of nitrogens with zero attached hydrogens (tertiary/aromatic N) is 4. The van der Waals surface area contributed by atoms with Gasteiger partial charge in [0.05, 0.1) is 11.0 Å². The van der Waals surface area contributed by atoms with E-state index in [2.05, 4.69) is 4.98 Å². The average Bonchev–Trinajstić information content (AvgIpc) is 3.32. The molecule has 2 saturated heterocycles. The molecule has 6 nitrogen and oxygen atoms in total. The molecule has 4 heterocycles. The summed E-state index contributed by atoms with van der Waals surface area (Å²) < 4.78 is 2.04. The third kappa shape index (κ3) is 2.57. The Kier molecular flexibility index (Phi) is 4.14. The van der Waals surface area contributed by atoms with Gasteiger partial charge in [-0.05, 0) is 39.2 Å². The van der Waals surface area contributed by atoms with Crippen molar-refractivity contribution in [3.8, 4) is 5.13 Å². The standard InChI is InChI=1S/C19H24N4O2S/c1-13-12-15(14(2)23(13)18-20-7-11-26-18)16(24)22-9-5-19(6-10-22)4-8-21(3)17(19)25/h7,11-12H,4-6,8-10H2,1-3H3. The van der Waals surface area contributed by atoms with Crippen LogP contribution >= 0.6 is 11.3 Å². The van der Waals surface area contributed by atoms with Crippen LogP contribution in [0.25, 0.3) is 5.13 Å². The van der Waals surface area contributed by atoms with E-state index < -0.39 is 0 Å². The molecule has 0 bridgehead atoms. The predicted octanol–water partition coefficient (Wildman–Crippen LogP) is 2.64. The summed E-state index contributed by atoms with van der Waals surface area (Å²) in [6.45, 7) is 6.12. The summed E-state index contributed by atoms with van der Waals surface area (Å²) in [4.78, 5) is 33.7. The van der Waals surface area contributed by atoms with Crippen molar-refractivity contribution in [2.24, 2.45) is 5.41 Å². The molecule has 2 aliphatic heterocycles. The van der Waals surface area contributed by atoms with E-state index in [0.717, 1.165) is 47.9 Å². The fourth-order valence-electron chi connectivity index (χ4n) is 4.37. The summed E-state index contributed by atoms with van der Waals surface area (Å²) >= 11 is 1.56. The van der Waals surface area contributed by atoms with Crippen LogP contribution in [0.4, 0.5) is 0 Å². The Morgan fingerprint density at radius 2 is 1.88 bits per heavy atom. The normalized spacial score (nSPS) is 19.6. The smallest absolute Gasteiger partial charge is 0.255 e. The zero-order chi connectivity index (χ0) is 18.5. The van der Waals surface area contributed by atoms with Crippen molar-refractivity contribution in [2.75, 3.05) is 26.7 Å². The lowest BCUT2D eigenvalue weighted by atomic mass is 9.77. The van der Waals surface area contributed by atoms with E-state index in [1.165, 1.54) is 0 Å². The Balaban J connectivity index is 1.53. The van der Waals surface area contributed by atoms with Crippen LogP contribution in [0.2, 0.25) is 0 Å². The van der Waals surface area contributed by atoms with Crippen LogP contribution in [0, 0.1) is 19.3 Å². The number of amides is 2. The maximum absolute atomic E-state index is 13.1. The van der Waals surface area contributed by atoms with Crippen LogP contribution in [-0.4, -0.2) is 57.8 Å². The van der Waals surface area contributed by atoms with E-state index in [1.807, 2.05) is 46.7 Å². The van der Waals surface area contributed by atoms with Crippen LogP contribution < -0.4 is 0 Å². The van der Waals surface area contributed by atoms with E-state index in [0.29, 0.717) is 13.1 Å². The molecular formula is C19H24N4O2S. The summed E-state index contributed by atoms with van der Waals surface area (Å²) in [6.07, 6.45) is 4.24. The number of hydrogen-bond donors (Lipinski definition) is 0. The van der Waals surface area contributed by atoms with Crippen molar-refractivity contribution in [1.29, 1.82) is 0 Å². The highest BCUT2D eigenvalue weighted by Gasteiger charge is 2.47. The molecule has 2 aliphatic rings. The van der Waals surface area contributed by atoms with Gasteiger partial charge >= 0.3 is 0 Å². The minimum Gasteiger partial charge on any atom is -0.345 e. The Hall–Kier alpha value is -2.15. The maximum Gasteiger partial charge on any atom is 0.255 e. The van der Waals surface area contributed by atoms with Gasteiger partial charge < -0.3 is 9.80 Å². The minimum absolute atomic E-state index is 0.0644. The van der Waals surface area contributed by atoms with Gasteiger partial charge in [-0.2, -0.15) is 0 Å². The molecule has 0 unspecified atom stereocenters. The molecule has 2 aromatic rings. The van der Waals surface area contributed by atoms with Gasteiger partial charge in [-0.3, -0.25) is 14.2 Å². The summed E-state index contributed by atoms with van der Waals surface area (Å²) in [7, 11) is 1.88. The monoisotopic (exact) mass is 372 g/mol. The molecular weight excluding hydrogens is 348 g/mol. The molecule has 0 radical (unpaired) electrons. The van der Waals surface area contributed by atoms with Gasteiger partial charge in [-0.15, -0.1) is 11.3 Å². The average molecular weight is 372 g/mol. The van der Waals surface area contributed by atoms with Gasteiger partial charge in [0.15, 0.2) is 5.13 Å². The molecule has 2 aromatic heterocycles. The minimum atomic E-state index is -0.233. The summed E-state index contributed by atoms with van der Waals surface area (Å²) in [5.74, 6) is 0.320. The zero-order valence-corrected chi connectivity index (χ0v) is 16.3. The largest absolute Gasteiger partial charge is 0.345 e. The highest BCUT2D eigenvalue weighted by atomic mass is 32.1. The third-order valence-corrected chi connectivity index (χ3v) is 6.76. The van der Waals surface area contributed by atoms with Gasteiger partial charge in [0.25, 0.3) is 5.91 Å². The van der Waals surface area contributed by atoms with Gasteiger partial charge in [0, 0.05) is 49.6 Å². The highest BCUT2D eigenvalue weighted by molar-refractivity contribution is 7.12. The zero-order valence-electron chi connectivity index (χ0n) is 15.5. The number of aromatic nitrogens is 2. The van der Waals surface area contributed by atoms with Gasteiger partial charge in [-0.1, -0.05) is 0 Å². The molecule has 0 aromatic carbocycles. The maximum atomic E-state index is 13.1. The number of piperidine rings is 1. The summed E-state index contributed by atoms with van der Waals surface area (Å²) in [5.41, 5.74) is 2.45. The van der Waals surface area contributed by atoms with Crippen molar-refractivity contribution in [3.05, 3.63) is 34.6 Å². The molecule has 0 atom stereocenters. The second kappa shape index (κ2) is 6.23. The topological polar surface area (TPSA) is 58.4 Å². The number of likely N-dealkylation sites (tertiary alicyclic amines) is 2. The van der Waals surface area contributed by atoms with Crippen LogP contribution in [0.15, 0.2) is 17.6 Å². The quantitative estimate of drug-likeness (QED) is 0.814. The number of aryl methyl sites for hydroxylation is 1. The highest BCUT2D eigenvalue weighted by Crippen LogP contribution is 2.41. The Labute approximate surface area is 157 Å². The fourth-order valence-corrected chi connectivity index (χ4v) is 5.12. The molecule has 138 valence electrons. The van der Waals surface area contributed by atoms with E-state index in [1.54, 1.807) is 17.5 Å². The number of carbonyl (C=O) groups is 2. The van der Waals surface area contributed by atoms with Crippen LogP contribution in [0.5, 0.6) is 0 Å². The van der Waals surface area contributed by atoms with E-state index in [9.17, 15) is 9.59 Å². The van der Waals surface area contributed by atoms with Crippen LogP contribution in [0.1, 0.15) is 41.0 Å². The fraction of sp³-hybridized carbons (Fsp3) is 0.526. The molecule has 1 spiro atoms. The molecule has 0 saturated carbocycles. The lowest BCUT2D eigenvalue weighted by Crippen LogP contribution is -2.46. The Morgan fingerprint density at radius 1 is 1.19 bits per heavy atom. The lowest BCUT2D eigenvalue weighted by molar-refractivity contribution is -0.137. The van der Waals surface area contributed by atoms with E-state index in [4.69, 9.17) is 0 Å². The number of rotatable bonds is 2. The second-order valence-corrected chi connectivity index (χ2v) is 8.36. The number of thiazole rings is 1. The van der Waals surface area contributed by atoms with Crippen molar-refractivity contribution in [3.63, 3.8) is 0 Å². The van der Waals surface area contributed by atoms with Crippen molar-refractivity contribution >= 4 is 23.2 Å². The summed E-state index contributed by atoms with van der Waals surface area (Å²) in [6, 6.07) is 1.96. The first kappa shape index (κ1) is 17.3.